The first-order valence-corrected chi connectivity index (χ1v) is 4.67. The molecule has 2 aromatic rings. The van der Waals surface area contributed by atoms with Crippen molar-refractivity contribution in [3.05, 3.63) is 41.7 Å². The quantitative estimate of drug-likeness (QED) is 0.791. The molecule has 6 nitrogen and oxygen atoms in total. The number of rotatable bonds is 5. The third kappa shape index (κ3) is 2.29. The van der Waals surface area contributed by atoms with Gasteiger partial charge in [0.15, 0.2) is 0 Å². The standard InChI is InChI=1S/C10H10N2O4/c13-10(14)9-7(1-3-15-9)5-11-6-8-2-4-16-12-8/h1-4,11H,5-6H2,(H,13,14). The van der Waals surface area contributed by atoms with Gasteiger partial charge in [0.1, 0.15) is 6.26 Å². The predicted octanol–water partition coefficient (Wildman–Crippen LogP) is 1.26. The molecular weight excluding hydrogens is 212 g/mol. The predicted molar refractivity (Wildman–Crippen MR) is 52.7 cm³/mol. The molecule has 2 heterocycles. The van der Waals surface area contributed by atoms with Crippen LogP contribution in [0.1, 0.15) is 21.8 Å². The fourth-order valence-corrected chi connectivity index (χ4v) is 1.32. The Balaban J connectivity index is 1.90. The number of carboxylic acids is 1. The number of aromatic carboxylic acids is 1. The fourth-order valence-electron chi connectivity index (χ4n) is 1.32. The van der Waals surface area contributed by atoms with Crippen LogP contribution in [0.3, 0.4) is 0 Å². The lowest BCUT2D eigenvalue weighted by atomic mass is 10.2. The van der Waals surface area contributed by atoms with E-state index in [9.17, 15) is 4.79 Å². The van der Waals surface area contributed by atoms with E-state index in [2.05, 4.69) is 15.0 Å². The first-order chi connectivity index (χ1) is 7.77. The maximum atomic E-state index is 10.7. The second-order valence-corrected chi connectivity index (χ2v) is 3.17. The van der Waals surface area contributed by atoms with Gasteiger partial charge in [0.25, 0.3) is 0 Å². The van der Waals surface area contributed by atoms with Gasteiger partial charge < -0.3 is 19.4 Å². The van der Waals surface area contributed by atoms with E-state index in [4.69, 9.17) is 9.52 Å². The van der Waals surface area contributed by atoms with E-state index < -0.39 is 5.97 Å². The molecule has 0 aliphatic heterocycles. The van der Waals surface area contributed by atoms with Crippen LogP contribution in [0.2, 0.25) is 0 Å². The summed E-state index contributed by atoms with van der Waals surface area (Å²) < 4.78 is 9.50. The first-order valence-electron chi connectivity index (χ1n) is 4.67. The molecule has 0 radical (unpaired) electrons. The van der Waals surface area contributed by atoms with Gasteiger partial charge in [0.2, 0.25) is 5.76 Å². The summed E-state index contributed by atoms with van der Waals surface area (Å²) in [7, 11) is 0. The van der Waals surface area contributed by atoms with Crippen molar-refractivity contribution in [3.63, 3.8) is 0 Å². The number of carboxylic acid groups (broad SMARTS) is 1. The van der Waals surface area contributed by atoms with E-state index >= 15 is 0 Å². The summed E-state index contributed by atoms with van der Waals surface area (Å²) in [4.78, 5) is 10.7. The Kier molecular flexibility index (Phi) is 3.02. The summed E-state index contributed by atoms with van der Waals surface area (Å²) >= 11 is 0. The molecule has 2 rings (SSSR count). The summed E-state index contributed by atoms with van der Waals surface area (Å²) in [6, 6.07) is 3.36. The van der Waals surface area contributed by atoms with Crippen molar-refractivity contribution in [1.82, 2.24) is 10.5 Å². The van der Waals surface area contributed by atoms with Gasteiger partial charge in [0.05, 0.1) is 12.0 Å². The van der Waals surface area contributed by atoms with Gasteiger partial charge in [-0.2, -0.15) is 0 Å². The van der Waals surface area contributed by atoms with Crippen molar-refractivity contribution in [3.8, 4) is 0 Å². The van der Waals surface area contributed by atoms with Crippen LogP contribution in [-0.2, 0) is 13.1 Å². The number of carbonyl (C=O) groups is 1. The van der Waals surface area contributed by atoms with Gasteiger partial charge in [-0.1, -0.05) is 5.16 Å². The van der Waals surface area contributed by atoms with Crippen LogP contribution in [0.5, 0.6) is 0 Å². The van der Waals surface area contributed by atoms with Crippen LogP contribution >= 0.6 is 0 Å². The highest BCUT2D eigenvalue weighted by Gasteiger charge is 2.13. The van der Waals surface area contributed by atoms with E-state index in [1.165, 1.54) is 12.5 Å². The topological polar surface area (TPSA) is 88.5 Å². The van der Waals surface area contributed by atoms with Crippen LogP contribution in [0.25, 0.3) is 0 Å². The van der Waals surface area contributed by atoms with Gasteiger partial charge in [0, 0.05) is 24.7 Å². The summed E-state index contributed by atoms with van der Waals surface area (Å²) in [6.07, 6.45) is 2.84. The molecule has 0 aliphatic carbocycles. The number of aromatic nitrogens is 1. The van der Waals surface area contributed by atoms with E-state index in [1.807, 2.05) is 0 Å². The normalized spacial score (nSPS) is 10.5. The molecule has 0 aliphatic rings. The molecule has 0 saturated heterocycles. The fraction of sp³-hybridized carbons (Fsp3) is 0.200. The number of hydrogen-bond acceptors (Lipinski definition) is 5. The van der Waals surface area contributed by atoms with Crippen LogP contribution in [0, 0.1) is 0 Å². The molecule has 84 valence electrons. The Morgan fingerprint density at radius 1 is 1.38 bits per heavy atom. The Hall–Kier alpha value is -2.08. The van der Waals surface area contributed by atoms with Crippen molar-refractivity contribution >= 4 is 5.97 Å². The van der Waals surface area contributed by atoms with E-state index in [0.29, 0.717) is 18.7 Å². The van der Waals surface area contributed by atoms with Gasteiger partial charge >= 0.3 is 5.97 Å². The summed E-state index contributed by atoms with van der Waals surface area (Å²) in [5.41, 5.74) is 1.37. The molecule has 0 unspecified atom stereocenters. The second-order valence-electron chi connectivity index (χ2n) is 3.17. The average Bonchev–Trinajstić information content (AvgIpc) is 2.87. The van der Waals surface area contributed by atoms with E-state index in [1.54, 1.807) is 12.1 Å². The number of hydrogen-bond donors (Lipinski definition) is 2. The van der Waals surface area contributed by atoms with Crippen molar-refractivity contribution in [2.24, 2.45) is 0 Å². The molecule has 0 fully saturated rings. The molecule has 0 spiro atoms. The molecule has 6 heteroatoms. The molecule has 2 N–H and O–H groups in total. The smallest absolute Gasteiger partial charge is 0.372 e. The molecule has 0 saturated carbocycles. The van der Waals surface area contributed by atoms with Crippen molar-refractivity contribution in [1.29, 1.82) is 0 Å². The largest absolute Gasteiger partial charge is 0.475 e. The van der Waals surface area contributed by atoms with Crippen molar-refractivity contribution < 1.29 is 18.8 Å². The van der Waals surface area contributed by atoms with Crippen LogP contribution in [0.15, 0.2) is 33.6 Å². The minimum absolute atomic E-state index is 0.0346. The summed E-state index contributed by atoms with van der Waals surface area (Å²) in [5, 5.41) is 15.5. The summed E-state index contributed by atoms with van der Waals surface area (Å²) in [6.45, 7) is 0.922. The van der Waals surface area contributed by atoms with Gasteiger partial charge in [-0.3, -0.25) is 0 Å². The molecule has 16 heavy (non-hydrogen) atoms. The van der Waals surface area contributed by atoms with Crippen molar-refractivity contribution in [2.75, 3.05) is 0 Å². The molecule has 0 amide bonds. The zero-order valence-corrected chi connectivity index (χ0v) is 8.34. The Labute approximate surface area is 90.8 Å². The average molecular weight is 222 g/mol. The van der Waals surface area contributed by atoms with Crippen LogP contribution in [0.4, 0.5) is 0 Å². The number of nitrogens with one attached hydrogen (secondary N) is 1. The van der Waals surface area contributed by atoms with E-state index in [0.717, 1.165) is 5.69 Å². The maximum Gasteiger partial charge on any atom is 0.372 e. The third-order valence-corrected chi connectivity index (χ3v) is 2.05. The lowest BCUT2D eigenvalue weighted by molar-refractivity contribution is 0.0660. The zero-order chi connectivity index (χ0) is 11.4. The third-order valence-electron chi connectivity index (χ3n) is 2.05. The molecule has 0 atom stereocenters. The molecule has 0 aromatic carbocycles. The van der Waals surface area contributed by atoms with Gasteiger partial charge in [-0.15, -0.1) is 0 Å². The minimum atomic E-state index is -1.07. The highest BCUT2D eigenvalue weighted by Crippen LogP contribution is 2.10. The van der Waals surface area contributed by atoms with Crippen LogP contribution in [-0.4, -0.2) is 16.2 Å². The first kappa shape index (κ1) is 10.4. The monoisotopic (exact) mass is 222 g/mol. The molecule has 0 bridgehead atoms. The van der Waals surface area contributed by atoms with Gasteiger partial charge in [-0.25, -0.2) is 4.79 Å². The zero-order valence-electron chi connectivity index (χ0n) is 8.34. The van der Waals surface area contributed by atoms with Crippen LogP contribution < -0.4 is 5.32 Å². The number of nitrogens with zero attached hydrogens (tertiary/aromatic N) is 1. The summed E-state index contributed by atoms with van der Waals surface area (Å²) in [5.74, 6) is -1.10. The molecular formula is C10H10N2O4. The van der Waals surface area contributed by atoms with Crippen molar-refractivity contribution in [2.45, 2.75) is 13.1 Å². The maximum absolute atomic E-state index is 10.7. The minimum Gasteiger partial charge on any atom is -0.475 e. The highest BCUT2D eigenvalue weighted by molar-refractivity contribution is 5.86. The molecule has 2 aromatic heterocycles. The number of furan rings is 1. The van der Waals surface area contributed by atoms with Gasteiger partial charge in [-0.05, 0) is 6.07 Å². The Morgan fingerprint density at radius 2 is 2.25 bits per heavy atom. The lowest BCUT2D eigenvalue weighted by Gasteiger charge is -2.00. The van der Waals surface area contributed by atoms with E-state index in [-0.39, 0.29) is 5.76 Å². The Morgan fingerprint density at radius 3 is 2.94 bits per heavy atom. The Bertz CT molecular complexity index is 461. The SMILES string of the molecule is O=C(O)c1occc1CNCc1ccon1. The lowest BCUT2D eigenvalue weighted by Crippen LogP contribution is -2.14. The highest BCUT2D eigenvalue weighted by atomic mass is 16.5. The second kappa shape index (κ2) is 4.63.